The fourth-order valence-electron chi connectivity index (χ4n) is 1.97. The molecule has 1 heterocycles. The molecule has 5 heteroatoms. The Balaban J connectivity index is 2.45. The highest BCUT2D eigenvalue weighted by atomic mass is 19.4. The van der Waals surface area contributed by atoms with Gasteiger partial charge in [0.15, 0.2) is 0 Å². The second-order valence-electron chi connectivity index (χ2n) is 3.75. The Morgan fingerprint density at radius 2 is 2.00 bits per heavy atom. The van der Waals surface area contributed by atoms with E-state index in [-0.39, 0.29) is 12.6 Å². The molecule has 1 unspecified atom stereocenters. The highest BCUT2D eigenvalue weighted by Gasteiger charge is 2.34. The van der Waals surface area contributed by atoms with Crippen LogP contribution < -0.4 is 0 Å². The molecule has 1 saturated heterocycles. The summed E-state index contributed by atoms with van der Waals surface area (Å²) in [6, 6.07) is -0.0876. The van der Waals surface area contributed by atoms with E-state index >= 15 is 0 Å². The van der Waals surface area contributed by atoms with Crippen molar-refractivity contribution in [3.05, 3.63) is 0 Å². The molecule has 2 nitrogen and oxygen atoms in total. The van der Waals surface area contributed by atoms with Crippen molar-refractivity contribution in [2.45, 2.75) is 37.9 Å². The van der Waals surface area contributed by atoms with Crippen LogP contribution in [0, 0.1) is 0 Å². The monoisotopic (exact) mass is 211 g/mol. The molecule has 14 heavy (non-hydrogen) atoms. The Morgan fingerprint density at radius 1 is 1.29 bits per heavy atom. The molecule has 1 atom stereocenters. The molecule has 1 aliphatic rings. The average molecular weight is 211 g/mol. The van der Waals surface area contributed by atoms with Gasteiger partial charge in [0.05, 0.1) is 6.54 Å². The van der Waals surface area contributed by atoms with E-state index in [1.807, 2.05) is 0 Å². The standard InChI is InChI=1S/C9H16F3NO/c10-9(11,12)7-13-5-2-1-3-8(13)4-6-14/h8,14H,1-7H2. The summed E-state index contributed by atoms with van der Waals surface area (Å²) in [5.41, 5.74) is 0. The van der Waals surface area contributed by atoms with E-state index in [0.717, 1.165) is 19.3 Å². The van der Waals surface area contributed by atoms with Gasteiger partial charge in [0.2, 0.25) is 0 Å². The van der Waals surface area contributed by atoms with Crippen molar-refractivity contribution in [2.75, 3.05) is 19.7 Å². The number of alkyl halides is 3. The van der Waals surface area contributed by atoms with Gasteiger partial charge in [-0.3, -0.25) is 4.90 Å². The van der Waals surface area contributed by atoms with Gasteiger partial charge in [0.25, 0.3) is 0 Å². The van der Waals surface area contributed by atoms with Crippen molar-refractivity contribution in [2.24, 2.45) is 0 Å². The van der Waals surface area contributed by atoms with Crippen LogP contribution in [0.15, 0.2) is 0 Å². The molecule has 0 aliphatic carbocycles. The molecule has 84 valence electrons. The predicted octanol–water partition coefficient (Wildman–Crippen LogP) is 1.79. The zero-order valence-electron chi connectivity index (χ0n) is 8.06. The SMILES string of the molecule is OCCC1CCCCN1CC(F)(F)F. The van der Waals surface area contributed by atoms with Crippen LogP contribution in [0.3, 0.4) is 0 Å². The number of halogens is 3. The first-order chi connectivity index (χ1) is 6.53. The fraction of sp³-hybridized carbons (Fsp3) is 1.00. The lowest BCUT2D eigenvalue weighted by atomic mass is 10.00. The average Bonchev–Trinajstić information content (AvgIpc) is 2.06. The number of nitrogens with zero attached hydrogens (tertiary/aromatic N) is 1. The van der Waals surface area contributed by atoms with Crippen LogP contribution in [0.2, 0.25) is 0 Å². The van der Waals surface area contributed by atoms with E-state index in [2.05, 4.69) is 0 Å². The number of aliphatic hydroxyl groups is 1. The zero-order chi connectivity index (χ0) is 10.6. The molecule has 0 amide bonds. The van der Waals surface area contributed by atoms with Crippen molar-refractivity contribution in [1.82, 2.24) is 4.90 Å². The third-order valence-corrected chi connectivity index (χ3v) is 2.59. The van der Waals surface area contributed by atoms with Crippen LogP contribution in [0.4, 0.5) is 13.2 Å². The summed E-state index contributed by atoms with van der Waals surface area (Å²) in [6.07, 6.45) is -1.09. The molecular formula is C9H16F3NO. The largest absolute Gasteiger partial charge is 0.401 e. The smallest absolute Gasteiger partial charge is 0.396 e. The fourth-order valence-corrected chi connectivity index (χ4v) is 1.97. The topological polar surface area (TPSA) is 23.5 Å². The van der Waals surface area contributed by atoms with E-state index in [4.69, 9.17) is 5.11 Å². The van der Waals surface area contributed by atoms with Crippen LogP contribution in [0.5, 0.6) is 0 Å². The molecule has 1 rings (SSSR count). The lowest BCUT2D eigenvalue weighted by Gasteiger charge is -2.35. The molecule has 0 radical (unpaired) electrons. The number of likely N-dealkylation sites (tertiary alicyclic amines) is 1. The second kappa shape index (κ2) is 4.98. The third kappa shape index (κ3) is 3.84. The number of rotatable bonds is 3. The summed E-state index contributed by atoms with van der Waals surface area (Å²) >= 11 is 0. The number of aliphatic hydroxyl groups excluding tert-OH is 1. The van der Waals surface area contributed by atoms with Crippen molar-refractivity contribution in [3.63, 3.8) is 0 Å². The maximum absolute atomic E-state index is 12.1. The molecule has 1 N–H and O–H groups in total. The summed E-state index contributed by atoms with van der Waals surface area (Å²) in [6.45, 7) is -0.360. The molecule has 0 bridgehead atoms. The highest BCUT2D eigenvalue weighted by molar-refractivity contribution is 4.78. The molecule has 1 aliphatic heterocycles. The summed E-state index contributed by atoms with van der Waals surface area (Å²) in [7, 11) is 0. The van der Waals surface area contributed by atoms with Gasteiger partial charge in [-0.05, 0) is 25.8 Å². The lowest BCUT2D eigenvalue weighted by molar-refractivity contribution is -0.154. The maximum Gasteiger partial charge on any atom is 0.401 e. The predicted molar refractivity (Wildman–Crippen MR) is 47.0 cm³/mol. The van der Waals surface area contributed by atoms with Crippen LogP contribution in [-0.4, -0.2) is 41.9 Å². The first-order valence-corrected chi connectivity index (χ1v) is 4.94. The molecule has 0 aromatic rings. The summed E-state index contributed by atoms with van der Waals surface area (Å²) in [4.78, 5) is 1.44. The normalized spacial score (nSPS) is 25.3. The molecule has 1 fully saturated rings. The van der Waals surface area contributed by atoms with E-state index < -0.39 is 12.7 Å². The van der Waals surface area contributed by atoms with Gasteiger partial charge in [-0.2, -0.15) is 13.2 Å². The van der Waals surface area contributed by atoms with Crippen LogP contribution in [0.1, 0.15) is 25.7 Å². The first kappa shape index (κ1) is 11.8. The lowest BCUT2D eigenvalue weighted by Crippen LogP contribution is -2.45. The van der Waals surface area contributed by atoms with Crippen molar-refractivity contribution in [1.29, 1.82) is 0 Å². The third-order valence-electron chi connectivity index (χ3n) is 2.59. The summed E-state index contributed by atoms with van der Waals surface area (Å²) in [5.74, 6) is 0. The molecule has 0 aromatic heterocycles. The minimum atomic E-state index is -4.12. The van der Waals surface area contributed by atoms with Gasteiger partial charge < -0.3 is 5.11 Å². The van der Waals surface area contributed by atoms with Gasteiger partial charge in [-0.1, -0.05) is 6.42 Å². The molecule has 0 aromatic carbocycles. The Kier molecular flexibility index (Phi) is 4.19. The minimum Gasteiger partial charge on any atom is -0.396 e. The van der Waals surface area contributed by atoms with Crippen LogP contribution in [0.25, 0.3) is 0 Å². The van der Waals surface area contributed by atoms with E-state index in [9.17, 15) is 13.2 Å². The minimum absolute atomic E-state index is 0.0287. The maximum atomic E-state index is 12.1. The van der Waals surface area contributed by atoms with Gasteiger partial charge in [-0.15, -0.1) is 0 Å². The highest BCUT2D eigenvalue weighted by Crippen LogP contribution is 2.24. The van der Waals surface area contributed by atoms with Gasteiger partial charge >= 0.3 is 6.18 Å². The second-order valence-corrected chi connectivity index (χ2v) is 3.75. The van der Waals surface area contributed by atoms with Gasteiger partial charge in [0.1, 0.15) is 0 Å². The summed E-state index contributed by atoms with van der Waals surface area (Å²) < 4.78 is 36.4. The Morgan fingerprint density at radius 3 is 2.57 bits per heavy atom. The molecule has 0 spiro atoms. The zero-order valence-corrected chi connectivity index (χ0v) is 8.06. The summed E-state index contributed by atoms with van der Waals surface area (Å²) in [5, 5.41) is 8.73. The van der Waals surface area contributed by atoms with Gasteiger partial charge in [0, 0.05) is 12.6 Å². The van der Waals surface area contributed by atoms with Crippen LogP contribution >= 0.6 is 0 Å². The van der Waals surface area contributed by atoms with E-state index in [1.54, 1.807) is 0 Å². The van der Waals surface area contributed by atoms with Crippen molar-refractivity contribution >= 4 is 0 Å². The Bertz CT molecular complexity index is 170. The van der Waals surface area contributed by atoms with E-state index in [0.29, 0.717) is 13.0 Å². The number of hydrogen-bond donors (Lipinski definition) is 1. The Hall–Kier alpha value is -0.290. The number of piperidine rings is 1. The Labute approximate surface area is 81.7 Å². The molecular weight excluding hydrogens is 195 g/mol. The van der Waals surface area contributed by atoms with Crippen molar-refractivity contribution in [3.8, 4) is 0 Å². The first-order valence-electron chi connectivity index (χ1n) is 4.94. The van der Waals surface area contributed by atoms with Crippen molar-refractivity contribution < 1.29 is 18.3 Å². The van der Waals surface area contributed by atoms with E-state index in [1.165, 1.54) is 4.90 Å². The quantitative estimate of drug-likeness (QED) is 0.769. The number of hydrogen-bond acceptors (Lipinski definition) is 2. The van der Waals surface area contributed by atoms with Gasteiger partial charge in [-0.25, -0.2) is 0 Å². The van der Waals surface area contributed by atoms with Crippen LogP contribution in [-0.2, 0) is 0 Å². The molecule has 0 saturated carbocycles.